The molecule has 3 fully saturated rings. The molecule has 0 unspecified atom stereocenters. The third-order valence-electron chi connectivity index (χ3n) is 5.34. The Morgan fingerprint density at radius 2 is 2.00 bits per heavy atom. The van der Waals surface area contributed by atoms with Crippen molar-refractivity contribution in [2.24, 2.45) is 17.8 Å². The smallest absolute Gasteiger partial charge is 0.291 e. The van der Waals surface area contributed by atoms with Gasteiger partial charge in [-0.2, -0.15) is 5.10 Å². The van der Waals surface area contributed by atoms with Gasteiger partial charge in [-0.15, -0.1) is 0 Å². The molecule has 0 amide bonds. The lowest BCUT2D eigenvalue weighted by Gasteiger charge is -2.26. The summed E-state index contributed by atoms with van der Waals surface area (Å²) in [6.07, 6.45) is 5.56. The number of hydrogen-bond acceptors (Lipinski definition) is 4. The molecule has 21 heavy (non-hydrogen) atoms. The van der Waals surface area contributed by atoms with Crippen molar-refractivity contribution in [3.8, 4) is 0 Å². The summed E-state index contributed by atoms with van der Waals surface area (Å²) in [5, 5.41) is 7.77. The van der Waals surface area contributed by atoms with Crippen molar-refractivity contribution in [3.63, 3.8) is 0 Å². The van der Waals surface area contributed by atoms with Gasteiger partial charge in [0.25, 0.3) is 5.56 Å². The van der Waals surface area contributed by atoms with Gasteiger partial charge in [-0.1, -0.05) is 6.42 Å². The van der Waals surface area contributed by atoms with Crippen molar-refractivity contribution in [2.45, 2.75) is 25.8 Å². The normalized spacial score (nSPS) is 28.7. The van der Waals surface area contributed by atoms with Crippen molar-refractivity contribution in [2.75, 3.05) is 31.1 Å². The van der Waals surface area contributed by atoms with E-state index in [0.717, 1.165) is 42.9 Å². The van der Waals surface area contributed by atoms with Gasteiger partial charge < -0.3 is 10.2 Å². The Bertz CT molecular complexity index is 586. The molecule has 1 aliphatic carbocycles. The first-order valence-corrected chi connectivity index (χ1v) is 8.73. The van der Waals surface area contributed by atoms with E-state index in [1.807, 2.05) is 0 Å². The average Bonchev–Trinajstić information content (AvgIpc) is 2.97. The molecule has 1 aromatic rings. The minimum absolute atomic E-state index is 0.0733. The van der Waals surface area contributed by atoms with Gasteiger partial charge in [0.05, 0.1) is 10.7 Å². The van der Waals surface area contributed by atoms with Crippen molar-refractivity contribution < 1.29 is 0 Å². The second-order valence-corrected chi connectivity index (χ2v) is 7.56. The molecule has 0 radical (unpaired) electrons. The summed E-state index contributed by atoms with van der Waals surface area (Å²) in [6.45, 7) is 4.92. The van der Waals surface area contributed by atoms with Gasteiger partial charge in [0.15, 0.2) is 0 Å². The molecule has 0 aromatic carbocycles. The Labute approximate surface area is 132 Å². The number of anilines is 1. The highest BCUT2D eigenvalue weighted by Crippen LogP contribution is 2.32. The summed E-state index contributed by atoms with van der Waals surface area (Å²) in [4.78, 5) is 15.1. The SMILES string of the molecule is O=c1c(N2C[C@H]3CNC[C@H]3C2)c(Br)cnn1CC1CCC1. The van der Waals surface area contributed by atoms with Crippen molar-refractivity contribution in [3.05, 3.63) is 21.0 Å². The number of aromatic nitrogens is 2. The van der Waals surface area contributed by atoms with Crippen LogP contribution in [0.15, 0.2) is 15.5 Å². The van der Waals surface area contributed by atoms with Crippen molar-refractivity contribution in [1.29, 1.82) is 0 Å². The maximum absolute atomic E-state index is 12.8. The van der Waals surface area contributed by atoms with Gasteiger partial charge in [0, 0.05) is 32.7 Å². The second-order valence-electron chi connectivity index (χ2n) is 6.71. The molecule has 0 bridgehead atoms. The monoisotopic (exact) mass is 352 g/mol. The van der Waals surface area contributed by atoms with Crippen LogP contribution in [0.25, 0.3) is 0 Å². The third kappa shape index (κ3) is 2.42. The first-order valence-electron chi connectivity index (χ1n) is 7.93. The molecule has 1 aromatic heterocycles. The Kier molecular flexibility index (Phi) is 3.53. The van der Waals surface area contributed by atoms with E-state index < -0.39 is 0 Å². The number of fused-ring (bicyclic) bond motifs is 1. The lowest BCUT2D eigenvalue weighted by Crippen LogP contribution is -2.36. The minimum atomic E-state index is 0.0733. The summed E-state index contributed by atoms with van der Waals surface area (Å²) >= 11 is 3.54. The maximum Gasteiger partial charge on any atom is 0.291 e. The number of nitrogens with zero attached hydrogens (tertiary/aromatic N) is 3. The Hall–Kier alpha value is -0.880. The number of hydrogen-bond donors (Lipinski definition) is 1. The van der Waals surface area contributed by atoms with Crippen LogP contribution in [0, 0.1) is 17.8 Å². The molecule has 114 valence electrons. The van der Waals surface area contributed by atoms with E-state index in [4.69, 9.17) is 0 Å². The predicted molar refractivity (Wildman–Crippen MR) is 85.6 cm³/mol. The average molecular weight is 353 g/mol. The zero-order valence-electron chi connectivity index (χ0n) is 12.1. The minimum Gasteiger partial charge on any atom is -0.365 e. The molecule has 0 spiro atoms. The molecule has 4 rings (SSSR count). The standard InChI is InChI=1S/C15H21BrN4O/c16-13-6-18-20(7-10-2-1-3-10)15(21)14(13)19-8-11-4-17-5-12(11)9-19/h6,10-12,17H,1-5,7-9H2/t11-,12+. The molecule has 6 heteroatoms. The lowest BCUT2D eigenvalue weighted by atomic mass is 9.85. The van der Waals surface area contributed by atoms with Crippen LogP contribution in [0.5, 0.6) is 0 Å². The van der Waals surface area contributed by atoms with Crippen LogP contribution in [0.3, 0.4) is 0 Å². The Balaban J connectivity index is 1.61. The van der Waals surface area contributed by atoms with E-state index in [-0.39, 0.29) is 5.56 Å². The number of halogens is 1. The summed E-state index contributed by atoms with van der Waals surface area (Å²) in [5.74, 6) is 2.01. The molecule has 5 nitrogen and oxygen atoms in total. The van der Waals surface area contributed by atoms with Gasteiger partial charge in [-0.25, -0.2) is 4.68 Å². The summed E-state index contributed by atoms with van der Waals surface area (Å²) in [6, 6.07) is 0. The first-order chi connectivity index (χ1) is 10.2. The predicted octanol–water partition coefficient (Wildman–Crippen LogP) is 1.46. The zero-order valence-corrected chi connectivity index (χ0v) is 13.7. The van der Waals surface area contributed by atoms with E-state index in [9.17, 15) is 4.79 Å². The van der Waals surface area contributed by atoms with Crippen LogP contribution in [-0.2, 0) is 6.54 Å². The second kappa shape index (κ2) is 5.39. The van der Waals surface area contributed by atoms with Crippen LogP contribution in [-0.4, -0.2) is 36.0 Å². The van der Waals surface area contributed by atoms with E-state index in [2.05, 4.69) is 31.2 Å². The highest BCUT2D eigenvalue weighted by Gasteiger charge is 2.37. The first kappa shape index (κ1) is 13.8. The number of rotatable bonds is 3. The van der Waals surface area contributed by atoms with Gasteiger partial charge in [-0.3, -0.25) is 4.79 Å². The highest BCUT2D eigenvalue weighted by molar-refractivity contribution is 9.10. The molecule has 3 aliphatic rings. The van der Waals surface area contributed by atoms with Gasteiger partial charge in [0.2, 0.25) is 0 Å². The summed E-state index contributed by atoms with van der Waals surface area (Å²) in [5.41, 5.74) is 0.892. The molecule has 1 saturated carbocycles. The molecule has 1 N–H and O–H groups in total. The largest absolute Gasteiger partial charge is 0.365 e. The van der Waals surface area contributed by atoms with Gasteiger partial charge >= 0.3 is 0 Å². The van der Waals surface area contributed by atoms with Gasteiger partial charge in [-0.05, 0) is 46.5 Å². The summed E-state index contributed by atoms with van der Waals surface area (Å²) in [7, 11) is 0. The van der Waals surface area contributed by atoms with E-state index >= 15 is 0 Å². The Morgan fingerprint density at radius 3 is 2.62 bits per heavy atom. The van der Waals surface area contributed by atoms with Crippen LogP contribution in [0.2, 0.25) is 0 Å². The van der Waals surface area contributed by atoms with E-state index in [0.29, 0.717) is 17.8 Å². The van der Waals surface area contributed by atoms with Crippen LogP contribution >= 0.6 is 15.9 Å². The highest BCUT2D eigenvalue weighted by atomic mass is 79.9. The fourth-order valence-electron chi connectivity index (χ4n) is 3.83. The topological polar surface area (TPSA) is 50.2 Å². The molecule has 3 heterocycles. The lowest BCUT2D eigenvalue weighted by molar-refractivity contribution is 0.261. The molecular formula is C15H21BrN4O. The van der Waals surface area contributed by atoms with Crippen molar-refractivity contribution in [1.82, 2.24) is 15.1 Å². The quantitative estimate of drug-likeness (QED) is 0.894. The fourth-order valence-corrected chi connectivity index (χ4v) is 4.34. The summed E-state index contributed by atoms with van der Waals surface area (Å²) < 4.78 is 2.52. The Morgan fingerprint density at radius 1 is 1.29 bits per heavy atom. The molecule has 2 saturated heterocycles. The third-order valence-corrected chi connectivity index (χ3v) is 5.92. The van der Waals surface area contributed by atoms with E-state index in [1.54, 1.807) is 10.9 Å². The fraction of sp³-hybridized carbons (Fsp3) is 0.733. The van der Waals surface area contributed by atoms with Crippen LogP contribution in [0.1, 0.15) is 19.3 Å². The van der Waals surface area contributed by atoms with Crippen LogP contribution < -0.4 is 15.8 Å². The van der Waals surface area contributed by atoms with Crippen LogP contribution in [0.4, 0.5) is 5.69 Å². The zero-order chi connectivity index (χ0) is 14.4. The molecular weight excluding hydrogens is 332 g/mol. The van der Waals surface area contributed by atoms with Gasteiger partial charge in [0.1, 0.15) is 5.69 Å². The number of nitrogens with one attached hydrogen (secondary N) is 1. The van der Waals surface area contributed by atoms with Crippen molar-refractivity contribution >= 4 is 21.6 Å². The molecule has 2 atom stereocenters. The molecule has 2 aliphatic heterocycles. The van der Waals surface area contributed by atoms with E-state index in [1.165, 1.54) is 19.3 Å². The maximum atomic E-state index is 12.8.